The number of benzene rings is 1. The summed E-state index contributed by atoms with van der Waals surface area (Å²) in [4.78, 5) is 11.8. The zero-order chi connectivity index (χ0) is 17.4. The molecule has 0 bridgehead atoms. The molecule has 0 radical (unpaired) electrons. The lowest BCUT2D eigenvalue weighted by molar-refractivity contribution is 0.197. The van der Waals surface area contributed by atoms with Gasteiger partial charge in [-0.1, -0.05) is 38.1 Å². The minimum atomic E-state index is -0.0922. The maximum absolute atomic E-state index is 5.40. The minimum Gasteiger partial charge on any atom is -0.339 e. The van der Waals surface area contributed by atoms with Gasteiger partial charge in [0.25, 0.3) is 0 Å². The second-order valence-electron chi connectivity index (χ2n) is 7.84. The van der Waals surface area contributed by atoms with Crippen molar-refractivity contribution in [2.75, 3.05) is 13.1 Å². The van der Waals surface area contributed by atoms with Gasteiger partial charge in [0.05, 0.1) is 21.8 Å². The summed E-state index contributed by atoms with van der Waals surface area (Å²) in [5, 5.41) is 5.43. The molecule has 0 unspecified atom stereocenters. The molecule has 1 fully saturated rings. The van der Waals surface area contributed by atoms with Crippen LogP contribution in [-0.2, 0) is 12.0 Å². The molecule has 1 aromatic carbocycles. The van der Waals surface area contributed by atoms with Gasteiger partial charge in [0.2, 0.25) is 5.89 Å². The molecule has 3 aromatic rings. The van der Waals surface area contributed by atoms with Crippen molar-refractivity contribution in [3.8, 4) is 0 Å². The molecule has 0 N–H and O–H groups in total. The lowest BCUT2D eigenvalue weighted by atomic mass is 9.97. The Morgan fingerprint density at radius 2 is 1.92 bits per heavy atom. The summed E-state index contributed by atoms with van der Waals surface area (Å²) < 4.78 is 6.69. The van der Waals surface area contributed by atoms with Gasteiger partial charge < -0.3 is 4.52 Å². The van der Waals surface area contributed by atoms with Gasteiger partial charge in [-0.25, -0.2) is 4.98 Å². The molecule has 1 saturated heterocycles. The number of hydrogen-bond donors (Lipinski definition) is 0. The van der Waals surface area contributed by atoms with Gasteiger partial charge in [-0.3, -0.25) is 4.90 Å². The van der Waals surface area contributed by atoms with Crippen molar-refractivity contribution in [1.29, 1.82) is 0 Å². The zero-order valence-electron chi connectivity index (χ0n) is 15.0. The van der Waals surface area contributed by atoms with Crippen molar-refractivity contribution < 1.29 is 4.52 Å². The number of likely N-dealkylation sites (tertiary alicyclic amines) is 1. The van der Waals surface area contributed by atoms with Crippen LogP contribution in [0.2, 0.25) is 0 Å². The highest BCUT2D eigenvalue weighted by Gasteiger charge is 2.26. The van der Waals surface area contributed by atoms with Crippen LogP contribution >= 0.6 is 11.3 Å². The fourth-order valence-electron chi connectivity index (χ4n) is 3.23. The smallest absolute Gasteiger partial charge is 0.232 e. The number of rotatable bonds is 3. The Balaban J connectivity index is 1.37. The summed E-state index contributed by atoms with van der Waals surface area (Å²) in [6.07, 6.45) is 2.29. The van der Waals surface area contributed by atoms with Crippen LogP contribution in [0.4, 0.5) is 0 Å². The Labute approximate surface area is 152 Å². The number of thiazole rings is 1. The Hall–Kier alpha value is -1.79. The van der Waals surface area contributed by atoms with E-state index < -0.39 is 0 Å². The third kappa shape index (κ3) is 3.60. The number of piperidine rings is 1. The fourth-order valence-corrected chi connectivity index (χ4v) is 4.36. The first kappa shape index (κ1) is 16.7. The van der Waals surface area contributed by atoms with Gasteiger partial charge in [-0.05, 0) is 38.1 Å². The van der Waals surface area contributed by atoms with Crippen LogP contribution in [0.15, 0.2) is 28.8 Å². The van der Waals surface area contributed by atoms with Crippen LogP contribution in [0.1, 0.15) is 56.3 Å². The van der Waals surface area contributed by atoms with E-state index in [1.54, 1.807) is 0 Å². The summed E-state index contributed by atoms with van der Waals surface area (Å²) >= 11 is 1.85. The maximum atomic E-state index is 5.40. The van der Waals surface area contributed by atoms with Crippen molar-refractivity contribution in [1.82, 2.24) is 20.0 Å². The van der Waals surface area contributed by atoms with Crippen LogP contribution in [0.25, 0.3) is 10.2 Å². The molecular formula is C19H24N4OS. The molecule has 0 aliphatic carbocycles. The highest BCUT2D eigenvalue weighted by molar-refractivity contribution is 7.18. The highest BCUT2D eigenvalue weighted by atomic mass is 32.1. The van der Waals surface area contributed by atoms with Gasteiger partial charge in [0.15, 0.2) is 5.82 Å². The van der Waals surface area contributed by atoms with E-state index in [1.807, 2.05) is 11.3 Å². The van der Waals surface area contributed by atoms with E-state index in [2.05, 4.69) is 60.1 Å². The molecule has 1 aliphatic rings. The molecule has 3 heterocycles. The van der Waals surface area contributed by atoms with E-state index in [0.717, 1.165) is 43.8 Å². The first-order valence-corrected chi connectivity index (χ1v) is 9.71. The summed E-state index contributed by atoms with van der Waals surface area (Å²) in [5.41, 5.74) is 1.04. The molecule has 0 spiro atoms. The van der Waals surface area contributed by atoms with Crippen molar-refractivity contribution in [3.05, 3.63) is 41.0 Å². The average molecular weight is 356 g/mol. The summed E-state index contributed by atoms with van der Waals surface area (Å²) in [7, 11) is 0. The molecule has 132 valence electrons. The molecule has 1 aliphatic heterocycles. The van der Waals surface area contributed by atoms with Crippen LogP contribution in [-0.4, -0.2) is 33.1 Å². The van der Waals surface area contributed by atoms with Crippen molar-refractivity contribution in [2.24, 2.45) is 0 Å². The molecule has 4 rings (SSSR count). The quantitative estimate of drug-likeness (QED) is 0.698. The van der Waals surface area contributed by atoms with Crippen molar-refractivity contribution in [2.45, 2.75) is 51.5 Å². The second-order valence-corrected chi connectivity index (χ2v) is 8.90. The minimum absolute atomic E-state index is 0.0922. The van der Waals surface area contributed by atoms with E-state index in [1.165, 1.54) is 9.71 Å². The van der Waals surface area contributed by atoms with Crippen LogP contribution in [0.3, 0.4) is 0 Å². The Bertz CT molecular complexity index is 823. The number of para-hydroxylation sites is 1. The standard InChI is InChI=1S/C19H24N4OS/c1-19(2,3)18-21-16(22-24-18)12-23-10-8-13(9-11-23)17-20-14-6-4-5-7-15(14)25-17/h4-7,13H,8-12H2,1-3H3. The van der Waals surface area contributed by atoms with E-state index in [-0.39, 0.29) is 5.41 Å². The van der Waals surface area contributed by atoms with Crippen LogP contribution < -0.4 is 0 Å². The van der Waals surface area contributed by atoms with E-state index in [0.29, 0.717) is 11.8 Å². The Kier molecular flexibility index (Phi) is 4.33. The van der Waals surface area contributed by atoms with E-state index >= 15 is 0 Å². The van der Waals surface area contributed by atoms with Gasteiger partial charge in [0, 0.05) is 11.3 Å². The van der Waals surface area contributed by atoms with E-state index in [4.69, 9.17) is 9.51 Å². The lowest BCUT2D eigenvalue weighted by Crippen LogP contribution is -2.32. The highest BCUT2D eigenvalue weighted by Crippen LogP contribution is 2.34. The average Bonchev–Trinajstić information content (AvgIpc) is 3.21. The third-order valence-corrected chi connectivity index (χ3v) is 5.92. The van der Waals surface area contributed by atoms with Crippen LogP contribution in [0.5, 0.6) is 0 Å². The number of hydrogen-bond acceptors (Lipinski definition) is 6. The topological polar surface area (TPSA) is 55.1 Å². The second kappa shape index (κ2) is 6.50. The largest absolute Gasteiger partial charge is 0.339 e. The third-order valence-electron chi connectivity index (χ3n) is 4.72. The fraction of sp³-hybridized carbons (Fsp3) is 0.526. The number of fused-ring (bicyclic) bond motifs is 1. The predicted molar refractivity (Wildman–Crippen MR) is 99.9 cm³/mol. The van der Waals surface area contributed by atoms with Crippen molar-refractivity contribution in [3.63, 3.8) is 0 Å². The van der Waals surface area contributed by atoms with Crippen molar-refractivity contribution >= 4 is 21.6 Å². The normalized spacial score (nSPS) is 17.4. The molecule has 2 aromatic heterocycles. The monoisotopic (exact) mass is 356 g/mol. The molecule has 25 heavy (non-hydrogen) atoms. The number of nitrogens with zero attached hydrogens (tertiary/aromatic N) is 4. The summed E-state index contributed by atoms with van der Waals surface area (Å²) in [6, 6.07) is 8.41. The molecule has 0 atom stereocenters. The number of aromatic nitrogens is 3. The molecule has 0 saturated carbocycles. The van der Waals surface area contributed by atoms with Gasteiger partial charge >= 0.3 is 0 Å². The molecule has 5 nitrogen and oxygen atoms in total. The van der Waals surface area contributed by atoms with Crippen LogP contribution in [0, 0.1) is 0 Å². The predicted octanol–water partition coefficient (Wildman–Crippen LogP) is 4.36. The summed E-state index contributed by atoms with van der Waals surface area (Å²) in [5.74, 6) is 2.08. The Morgan fingerprint density at radius 3 is 2.60 bits per heavy atom. The van der Waals surface area contributed by atoms with Gasteiger partial charge in [-0.15, -0.1) is 11.3 Å². The van der Waals surface area contributed by atoms with Gasteiger partial charge in [0.1, 0.15) is 0 Å². The molecular weight excluding hydrogens is 332 g/mol. The molecule has 0 amide bonds. The maximum Gasteiger partial charge on any atom is 0.232 e. The zero-order valence-corrected chi connectivity index (χ0v) is 15.8. The van der Waals surface area contributed by atoms with E-state index in [9.17, 15) is 0 Å². The van der Waals surface area contributed by atoms with Gasteiger partial charge in [-0.2, -0.15) is 4.98 Å². The first-order chi connectivity index (χ1) is 12.0. The SMILES string of the molecule is CC(C)(C)c1nc(CN2CCC(c3nc4ccccc4s3)CC2)no1. The lowest BCUT2D eigenvalue weighted by Gasteiger charge is -2.29. The summed E-state index contributed by atoms with van der Waals surface area (Å²) in [6.45, 7) is 9.15. The Morgan fingerprint density at radius 1 is 1.16 bits per heavy atom. The molecule has 6 heteroatoms. The first-order valence-electron chi connectivity index (χ1n) is 8.90.